The molecule has 0 bridgehead atoms. The van der Waals surface area contributed by atoms with Gasteiger partial charge in [0.1, 0.15) is 16.5 Å². The average molecular weight is 386 g/mol. The van der Waals surface area contributed by atoms with E-state index in [1.165, 1.54) is 18.2 Å². The maximum Gasteiger partial charge on any atom is 0.287 e. The fraction of sp³-hybridized carbons (Fsp3) is 0.0556. The highest BCUT2D eigenvalue weighted by Gasteiger charge is 2.34. The summed E-state index contributed by atoms with van der Waals surface area (Å²) in [5, 5.41) is 24.7. The molecule has 0 spiro atoms. The lowest BCUT2D eigenvalue weighted by Crippen LogP contribution is -2.40. The van der Waals surface area contributed by atoms with Crippen LogP contribution in [0.2, 0.25) is 5.02 Å². The van der Waals surface area contributed by atoms with Crippen LogP contribution in [-0.4, -0.2) is 21.1 Å². The average Bonchev–Trinajstić information content (AvgIpc) is 3.14. The molecule has 0 saturated carbocycles. The first-order chi connectivity index (χ1) is 13.0. The summed E-state index contributed by atoms with van der Waals surface area (Å²) in [6.07, 6.45) is -0.908. The monoisotopic (exact) mass is 385 g/mol. The number of rotatable bonds is 3. The fourth-order valence-electron chi connectivity index (χ4n) is 2.90. The Balaban J connectivity index is 1.66. The molecule has 4 rings (SSSR count). The molecule has 1 atom stereocenters. The Bertz CT molecular complexity index is 1060. The topological polar surface area (TPSA) is 109 Å². The summed E-state index contributed by atoms with van der Waals surface area (Å²) < 4.78 is 5.75. The van der Waals surface area contributed by atoms with E-state index in [-0.39, 0.29) is 10.7 Å². The maximum atomic E-state index is 12.3. The zero-order valence-electron chi connectivity index (χ0n) is 13.6. The Morgan fingerprint density at radius 1 is 1.19 bits per heavy atom. The summed E-state index contributed by atoms with van der Waals surface area (Å²) in [5.41, 5.74) is 1.26. The van der Waals surface area contributed by atoms with E-state index in [2.05, 4.69) is 5.32 Å². The van der Waals surface area contributed by atoms with E-state index in [1.54, 1.807) is 36.4 Å². The lowest BCUT2D eigenvalue weighted by Gasteiger charge is -2.31. The molecule has 1 amide bonds. The number of nitrogens with one attached hydrogen (secondary N) is 1. The van der Waals surface area contributed by atoms with Crippen LogP contribution in [-0.2, 0) is 0 Å². The maximum absolute atomic E-state index is 12.3. The van der Waals surface area contributed by atoms with Crippen molar-refractivity contribution in [2.45, 2.75) is 6.17 Å². The summed E-state index contributed by atoms with van der Waals surface area (Å²) in [7, 11) is 0. The van der Waals surface area contributed by atoms with Gasteiger partial charge in [-0.1, -0.05) is 23.7 Å². The van der Waals surface area contributed by atoms with E-state index in [0.717, 1.165) is 0 Å². The first kappa shape index (κ1) is 17.1. The number of furan rings is 1. The predicted octanol–water partition coefficient (Wildman–Crippen LogP) is 4.46. The summed E-state index contributed by atoms with van der Waals surface area (Å²) in [5.74, 6) is 0.138. The van der Waals surface area contributed by atoms with E-state index in [9.17, 15) is 20.1 Å². The first-order valence-corrected chi connectivity index (χ1v) is 8.25. The number of anilines is 1. The third-order valence-electron chi connectivity index (χ3n) is 4.23. The van der Waals surface area contributed by atoms with Gasteiger partial charge in [0.05, 0.1) is 10.5 Å². The van der Waals surface area contributed by atoms with Crippen molar-refractivity contribution in [3.05, 3.63) is 81.1 Å². The molecule has 1 aliphatic heterocycles. The number of hydrogen-bond donors (Lipinski definition) is 2. The first-order valence-electron chi connectivity index (χ1n) is 7.88. The molecule has 9 heteroatoms. The van der Waals surface area contributed by atoms with Crippen molar-refractivity contribution >= 4 is 28.9 Å². The number of carbonyl (C=O) groups excluding carboxylic acids is 1. The Labute approximate surface area is 157 Å². The summed E-state index contributed by atoms with van der Waals surface area (Å²) in [6.45, 7) is 0. The van der Waals surface area contributed by atoms with E-state index in [1.807, 2.05) is 0 Å². The number of fused-ring (bicyclic) bond motifs is 1. The van der Waals surface area contributed by atoms with Crippen molar-refractivity contribution in [2.75, 3.05) is 5.32 Å². The van der Waals surface area contributed by atoms with Gasteiger partial charge in [0.15, 0.2) is 6.17 Å². The number of carbonyl (C=O) groups is 1. The van der Waals surface area contributed by atoms with Crippen molar-refractivity contribution in [1.82, 2.24) is 5.06 Å². The number of amides is 1. The van der Waals surface area contributed by atoms with Crippen LogP contribution in [0.3, 0.4) is 0 Å². The van der Waals surface area contributed by atoms with Gasteiger partial charge < -0.3 is 9.73 Å². The lowest BCUT2D eigenvalue weighted by molar-refractivity contribution is -0.384. The minimum absolute atomic E-state index is 0.0147. The number of para-hydroxylation sites is 1. The van der Waals surface area contributed by atoms with Gasteiger partial charge >= 0.3 is 0 Å². The van der Waals surface area contributed by atoms with E-state index in [0.29, 0.717) is 33.4 Å². The van der Waals surface area contributed by atoms with Gasteiger partial charge in [-0.15, -0.1) is 0 Å². The van der Waals surface area contributed by atoms with Gasteiger partial charge in [0, 0.05) is 17.3 Å². The number of nitrogens with zero attached hydrogens (tertiary/aromatic N) is 2. The number of hydrogen-bond acceptors (Lipinski definition) is 6. The molecule has 3 aromatic rings. The summed E-state index contributed by atoms with van der Waals surface area (Å²) >= 11 is 5.94. The van der Waals surface area contributed by atoms with E-state index < -0.39 is 17.0 Å². The Kier molecular flexibility index (Phi) is 4.06. The highest BCUT2D eigenvalue weighted by Crippen LogP contribution is 2.35. The molecule has 1 aliphatic rings. The largest absolute Gasteiger partial charge is 0.457 e. The molecule has 27 heavy (non-hydrogen) atoms. The second-order valence-corrected chi connectivity index (χ2v) is 6.27. The number of hydroxylamine groups is 2. The minimum atomic E-state index is -0.908. The minimum Gasteiger partial charge on any atom is -0.457 e. The molecule has 2 aromatic carbocycles. The zero-order valence-corrected chi connectivity index (χ0v) is 14.4. The van der Waals surface area contributed by atoms with Crippen LogP contribution in [0.1, 0.15) is 22.3 Å². The number of benzene rings is 2. The van der Waals surface area contributed by atoms with Gasteiger partial charge in [-0.25, -0.2) is 0 Å². The molecule has 0 saturated heterocycles. The molecule has 136 valence electrons. The van der Waals surface area contributed by atoms with Crippen molar-refractivity contribution in [1.29, 1.82) is 0 Å². The SMILES string of the molecule is O=C1c2ccccc2N[C@H](c2ccc(-c3ccc([N+](=O)[O-])c(Cl)c3)o2)N1O. The highest BCUT2D eigenvalue weighted by molar-refractivity contribution is 6.32. The van der Waals surface area contributed by atoms with Crippen LogP contribution in [0.5, 0.6) is 0 Å². The van der Waals surface area contributed by atoms with Gasteiger partial charge in [-0.2, -0.15) is 5.06 Å². The van der Waals surface area contributed by atoms with Crippen LogP contribution in [0.4, 0.5) is 11.4 Å². The standard InChI is InChI=1S/C18H12ClN3O5/c19-12-9-10(5-6-14(12)22(25)26)15-7-8-16(27-15)17-20-13-4-2-1-3-11(13)18(23)21(17)24/h1-9,17,20,24H/t17-/m0/s1. The number of halogens is 1. The second-order valence-electron chi connectivity index (χ2n) is 5.87. The molecular weight excluding hydrogens is 374 g/mol. The third kappa shape index (κ3) is 2.90. The number of nitro benzene ring substituents is 1. The molecule has 2 heterocycles. The molecule has 0 radical (unpaired) electrons. The second kappa shape index (κ2) is 6.42. The molecule has 0 aliphatic carbocycles. The molecule has 2 N–H and O–H groups in total. The molecule has 8 nitrogen and oxygen atoms in total. The molecule has 1 aromatic heterocycles. The normalized spacial score (nSPS) is 16.0. The van der Waals surface area contributed by atoms with Gasteiger partial charge in [0.2, 0.25) is 0 Å². The third-order valence-corrected chi connectivity index (χ3v) is 4.53. The Morgan fingerprint density at radius 2 is 1.96 bits per heavy atom. The summed E-state index contributed by atoms with van der Waals surface area (Å²) in [4.78, 5) is 22.6. The molecule has 0 unspecified atom stereocenters. The molecular formula is C18H12ClN3O5. The van der Waals surface area contributed by atoms with Crippen LogP contribution in [0.25, 0.3) is 11.3 Å². The highest BCUT2D eigenvalue weighted by atomic mass is 35.5. The van der Waals surface area contributed by atoms with Gasteiger partial charge in [-0.3, -0.25) is 20.1 Å². The van der Waals surface area contributed by atoms with Crippen molar-refractivity contribution in [2.24, 2.45) is 0 Å². The molecule has 0 fully saturated rings. The van der Waals surface area contributed by atoms with Crippen LogP contribution in [0, 0.1) is 10.1 Å². The summed E-state index contributed by atoms with van der Waals surface area (Å²) in [6, 6.07) is 14.3. The quantitative estimate of drug-likeness (QED) is 0.391. The Morgan fingerprint density at radius 3 is 2.70 bits per heavy atom. The van der Waals surface area contributed by atoms with Crippen LogP contribution in [0.15, 0.2) is 59.0 Å². The smallest absolute Gasteiger partial charge is 0.287 e. The Hall–Kier alpha value is -3.36. The lowest BCUT2D eigenvalue weighted by atomic mass is 10.1. The van der Waals surface area contributed by atoms with Crippen molar-refractivity contribution in [3.8, 4) is 11.3 Å². The van der Waals surface area contributed by atoms with Crippen LogP contribution >= 0.6 is 11.6 Å². The van der Waals surface area contributed by atoms with Gasteiger partial charge in [0.25, 0.3) is 11.6 Å². The van der Waals surface area contributed by atoms with Crippen molar-refractivity contribution in [3.63, 3.8) is 0 Å². The van der Waals surface area contributed by atoms with E-state index in [4.69, 9.17) is 16.0 Å². The van der Waals surface area contributed by atoms with Crippen molar-refractivity contribution < 1.29 is 19.3 Å². The fourth-order valence-corrected chi connectivity index (χ4v) is 3.15. The van der Waals surface area contributed by atoms with Crippen LogP contribution < -0.4 is 5.32 Å². The predicted molar refractivity (Wildman–Crippen MR) is 96.6 cm³/mol. The number of nitro groups is 1. The zero-order chi connectivity index (χ0) is 19.1. The van der Waals surface area contributed by atoms with E-state index >= 15 is 0 Å². The van der Waals surface area contributed by atoms with Gasteiger partial charge in [-0.05, 0) is 36.4 Å².